The SMILES string of the molecule is C=CCCC(C(=O)NC)N1C(=O)c2cc(F)c(N3CCC(CN4CCC(CN5CCC(Oc6cccc(-c7onc8ccc(/C(N)=N/NN)cc78)c6)CC5)CC4)C3)cc2C1=O. The first-order chi connectivity index (χ1) is 29.6. The number of fused-ring (bicyclic) bond motifs is 2. The Labute approximate surface area is 354 Å². The number of imide groups is 1. The molecule has 4 aromatic rings. The highest BCUT2D eigenvalue weighted by atomic mass is 19.1. The van der Waals surface area contributed by atoms with Crippen LogP contribution in [0.2, 0.25) is 0 Å². The number of carbonyl (C=O) groups excluding carboxylic acids is 3. The Morgan fingerprint density at radius 2 is 1.69 bits per heavy atom. The summed E-state index contributed by atoms with van der Waals surface area (Å²) in [7, 11) is 1.47. The third-order valence-corrected chi connectivity index (χ3v) is 12.7. The summed E-state index contributed by atoms with van der Waals surface area (Å²) in [6, 6.07) is 15.2. The smallest absolute Gasteiger partial charge is 0.262 e. The molecule has 61 heavy (non-hydrogen) atoms. The molecule has 6 N–H and O–H groups in total. The third-order valence-electron chi connectivity index (χ3n) is 12.7. The number of halogens is 1. The molecule has 5 heterocycles. The molecule has 4 aliphatic heterocycles. The molecular weight excluding hydrogens is 780 g/mol. The highest BCUT2D eigenvalue weighted by Crippen LogP contribution is 2.36. The first-order valence-corrected chi connectivity index (χ1v) is 21.3. The number of amides is 3. The van der Waals surface area contributed by atoms with Crippen LogP contribution in [0.4, 0.5) is 10.1 Å². The Kier molecular flexibility index (Phi) is 12.6. The average molecular weight is 835 g/mol. The van der Waals surface area contributed by atoms with Crippen molar-refractivity contribution in [1.82, 2.24) is 30.7 Å². The number of allylic oxidation sites excluding steroid dienone is 1. The van der Waals surface area contributed by atoms with Crippen molar-refractivity contribution in [2.45, 2.75) is 57.1 Å². The molecule has 0 spiro atoms. The van der Waals surface area contributed by atoms with E-state index in [9.17, 15) is 14.4 Å². The predicted molar refractivity (Wildman–Crippen MR) is 231 cm³/mol. The summed E-state index contributed by atoms with van der Waals surface area (Å²) < 4.78 is 27.8. The van der Waals surface area contributed by atoms with Crippen LogP contribution < -0.4 is 32.1 Å². The van der Waals surface area contributed by atoms with Gasteiger partial charge in [-0.3, -0.25) is 19.3 Å². The molecule has 8 rings (SSSR count). The molecule has 0 radical (unpaired) electrons. The number of hydrazine groups is 1. The van der Waals surface area contributed by atoms with Gasteiger partial charge < -0.3 is 35.0 Å². The van der Waals surface area contributed by atoms with Gasteiger partial charge in [0.2, 0.25) is 5.91 Å². The van der Waals surface area contributed by atoms with E-state index in [1.807, 2.05) is 47.4 Å². The largest absolute Gasteiger partial charge is 0.490 e. The maximum atomic E-state index is 15.6. The van der Waals surface area contributed by atoms with Crippen molar-refractivity contribution in [3.05, 3.63) is 89.8 Å². The predicted octanol–water partition coefficient (Wildman–Crippen LogP) is 4.48. The molecule has 3 fully saturated rings. The minimum absolute atomic E-state index is 0.00512. The van der Waals surface area contributed by atoms with Crippen molar-refractivity contribution in [2.75, 3.05) is 64.3 Å². The minimum atomic E-state index is -0.988. The molecule has 3 aromatic carbocycles. The van der Waals surface area contributed by atoms with Gasteiger partial charge in [-0.25, -0.2) is 15.8 Å². The number of rotatable bonds is 15. The van der Waals surface area contributed by atoms with Crippen molar-refractivity contribution in [1.29, 1.82) is 0 Å². The zero-order valence-corrected chi connectivity index (χ0v) is 34.7. The molecule has 3 saturated heterocycles. The Morgan fingerprint density at radius 1 is 0.984 bits per heavy atom. The maximum absolute atomic E-state index is 15.6. The van der Waals surface area contributed by atoms with E-state index in [2.05, 4.69) is 37.5 Å². The van der Waals surface area contributed by atoms with Crippen molar-refractivity contribution in [3.8, 4) is 17.1 Å². The Morgan fingerprint density at radius 3 is 2.41 bits per heavy atom. The fraction of sp³-hybridized carbons (Fsp3) is 0.444. The van der Waals surface area contributed by atoms with E-state index in [0.717, 1.165) is 93.0 Å². The summed E-state index contributed by atoms with van der Waals surface area (Å²) in [4.78, 5) is 47.6. The van der Waals surface area contributed by atoms with Crippen molar-refractivity contribution in [3.63, 3.8) is 0 Å². The number of piperidine rings is 2. The first-order valence-electron chi connectivity index (χ1n) is 21.3. The van der Waals surface area contributed by atoms with Crippen LogP contribution >= 0.6 is 0 Å². The number of benzene rings is 3. The van der Waals surface area contributed by atoms with Gasteiger partial charge in [0.05, 0.1) is 22.2 Å². The van der Waals surface area contributed by atoms with E-state index in [1.54, 1.807) is 6.08 Å². The van der Waals surface area contributed by atoms with Gasteiger partial charge >= 0.3 is 0 Å². The van der Waals surface area contributed by atoms with Crippen LogP contribution in [0.15, 0.2) is 76.9 Å². The lowest BCUT2D eigenvalue weighted by molar-refractivity contribution is -0.124. The summed E-state index contributed by atoms with van der Waals surface area (Å²) in [5.74, 6) is 5.85. The number of nitrogens with two attached hydrogens (primary N) is 2. The van der Waals surface area contributed by atoms with Gasteiger partial charge in [0.15, 0.2) is 11.6 Å². The maximum Gasteiger partial charge on any atom is 0.262 e. The number of hydrogen-bond donors (Lipinski definition) is 4. The number of aromatic nitrogens is 1. The normalized spacial score (nSPS) is 20.0. The van der Waals surface area contributed by atoms with E-state index in [0.29, 0.717) is 53.9 Å². The molecule has 3 amide bonds. The van der Waals surface area contributed by atoms with Gasteiger partial charge in [-0.2, -0.15) is 0 Å². The molecule has 2 atom stereocenters. The zero-order valence-electron chi connectivity index (χ0n) is 34.7. The standard InChI is InChI=1S/C45H55FN10O5/c1-3-4-8-39(43(57)49-2)56-44(58)34-23-37(46)40(24-35(34)45(56)59)55-20-13-29(27-55)26-53-16-11-28(12-17-53)25-54-18-14-32(15-19-54)60-33-7-5-6-30(21-33)41-36-22-31(42(47)50-52-48)9-10-38(36)51-61-41/h3,5-7,9-10,21-24,28-29,32,39,52H,1,4,8,11-20,25-27,48H2,2H3,(H2,47,50)(H,49,57). The first kappa shape index (κ1) is 41.9. The Bertz CT molecular complexity index is 2300. The number of nitrogens with zero attached hydrogens (tertiary/aromatic N) is 6. The van der Waals surface area contributed by atoms with Crippen LogP contribution in [-0.4, -0.2) is 115 Å². The lowest BCUT2D eigenvalue weighted by atomic mass is 9.94. The molecule has 15 nitrogen and oxygen atoms in total. The van der Waals surface area contributed by atoms with Crippen molar-refractivity contribution >= 4 is 40.1 Å². The highest BCUT2D eigenvalue weighted by molar-refractivity contribution is 6.23. The van der Waals surface area contributed by atoms with Crippen LogP contribution in [0.3, 0.4) is 0 Å². The summed E-state index contributed by atoms with van der Waals surface area (Å²) >= 11 is 0. The lowest BCUT2D eigenvalue weighted by Crippen LogP contribution is -2.48. The second kappa shape index (κ2) is 18.4. The summed E-state index contributed by atoms with van der Waals surface area (Å²) in [6.07, 6.45) is 7.61. The molecule has 16 heteroatoms. The van der Waals surface area contributed by atoms with Gasteiger partial charge in [0.25, 0.3) is 11.8 Å². The number of hydrazone groups is 1. The fourth-order valence-electron chi connectivity index (χ4n) is 9.45. The number of ether oxygens (including phenoxy) is 1. The van der Waals surface area contributed by atoms with Crippen molar-refractivity contribution < 1.29 is 28.0 Å². The molecule has 0 bridgehead atoms. The van der Waals surface area contributed by atoms with Gasteiger partial charge in [-0.15, -0.1) is 11.7 Å². The third kappa shape index (κ3) is 8.97. The van der Waals surface area contributed by atoms with E-state index < -0.39 is 29.6 Å². The number of anilines is 1. The number of carbonyl (C=O) groups is 3. The topological polar surface area (TPSA) is 188 Å². The second-order valence-electron chi connectivity index (χ2n) is 16.7. The fourth-order valence-corrected chi connectivity index (χ4v) is 9.45. The quantitative estimate of drug-likeness (QED) is 0.0329. The molecule has 4 aliphatic rings. The van der Waals surface area contributed by atoms with Gasteiger partial charge in [-0.05, 0) is 112 Å². The van der Waals surface area contributed by atoms with Crippen LogP contribution in [0.5, 0.6) is 5.75 Å². The van der Waals surface area contributed by atoms with Crippen LogP contribution in [0, 0.1) is 17.7 Å². The van der Waals surface area contributed by atoms with E-state index in [1.165, 1.54) is 19.2 Å². The molecular formula is C45H55FN10O5. The van der Waals surface area contributed by atoms with Crippen molar-refractivity contribution in [2.24, 2.45) is 28.5 Å². The number of nitrogens with one attached hydrogen (secondary N) is 2. The van der Waals surface area contributed by atoms with Crippen LogP contribution in [-0.2, 0) is 4.79 Å². The molecule has 322 valence electrons. The lowest BCUT2D eigenvalue weighted by Gasteiger charge is -2.38. The zero-order chi connectivity index (χ0) is 42.6. The van der Waals surface area contributed by atoms with Crippen LogP contribution in [0.1, 0.15) is 71.2 Å². The van der Waals surface area contributed by atoms with Gasteiger partial charge in [0.1, 0.15) is 29.2 Å². The van der Waals surface area contributed by atoms with E-state index in [-0.39, 0.29) is 29.5 Å². The average Bonchev–Trinajstić information content (AvgIpc) is 3.98. The van der Waals surface area contributed by atoms with E-state index in [4.69, 9.17) is 20.8 Å². The second-order valence-corrected chi connectivity index (χ2v) is 16.7. The number of hydrogen-bond acceptors (Lipinski definition) is 12. The number of likely N-dealkylation sites (N-methyl/N-ethyl adjacent to an activating group) is 1. The molecule has 0 aliphatic carbocycles. The molecule has 1 aromatic heterocycles. The summed E-state index contributed by atoms with van der Waals surface area (Å²) in [5, 5.41) is 11.5. The summed E-state index contributed by atoms with van der Waals surface area (Å²) in [6.45, 7) is 11.2. The summed E-state index contributed by atoms with van der Waals surface area (Å²) in [5.41, 5.74) is 11.0. The Hall–Kier alpha value is -5.84. The van der Waals surface area contributed by atoms with Gasteiger partial charge in [-0.1, -0.05) is 23.4 Å². The monoisotopic (exact) mass is 834 g/mol. The van der Waals surface area contributed by atoms with E-state index >= 15 is 4.39 Å². The molecule has 2 unspecified atom stereocenters. The minimum Gasteiger partial charge on any atom is -0.490 e. The number of amidine groups is 1. The van der Waals surface area contributed by atoms with Gasteiger partial charge in [0, 0.05) is 57.4 Å². The number of likely N-dealkylation sites (tertiary alicyclic amines) is 2. The molecule has 0 saturated carbocycles. The van der Waals surface area contributed by atoms with Crippen LogP contribution in [0.25, 0.3) is 22.2 Å². The highest BCUT2D eigenvalue weighted by Gasteiger charge is 2.43. The Balaban J connectivity index is 0.785.